The Bertz CT molecular complexity index is 1450. The number of carbonyl (C=O) groups is 1. The first-order chi connectivity index (χ1) is 14.7. The normalized spacial score (nSPS) is 10.9. The maximum absolute atomic E-state index is 13.4. The van der Waals surface area contributed by atoms with Crippen molar-refractivity contribution < 1.29 is 9.18 Å². The average molecular weight is 389 g/mol. The maximum Gasteiger partial charge on any atom is 0.195 e. The van der Waals surface area contributed by atoms with Crippen molar-refractivity contribution in [3.63, 3.8) is 0 Å². The van der Waals surface area contributed by atoms with E-state index in [9.17, 15) is 9.18 Å². The van der Waals surface area contributed by atoms with Gasteiger partial charge in [0.15, 0.2) is 5.78 Å². The number of halogens is 1. The number of rotatable bonds is 3. The van der Waals surface area contributed by atoms with Gasteiger partial charge < -0.3 is 4.57 Å². The van der Waals surface area contributed by atoms with E-state index < -0.39 is 0 Å². The molecule has 142 valence electrons. The highest BCUT2D eigenvalue weighted by atomic mass is 19.1. The molecule has 0 N–H and O–H groups in total. The molecule has 2 nitrogen and oxygen atoms in total. The number of nitrogens with zero attached hydrogens (tertiary/aromatic N) is 1. The summed E-state index contributed by atoms with van der Waals surface area (Å²) in [6.07, 6.45) is 5.51. The second kappa shape index (κ2) is 7.02. The molecule has 0 radical (unpaired) electrons. The number of hydrogen-bond donors (Lipinski definition) is 0. The molecule has 0 spiro atoms. The number of aromatic nitrogens is 1. The van der Waals surface area contributed by atoms with Gasteiger partial charge in [0.05, 0.1) is 11.0 Å². The monoisotopic (exact) mass is 389 g/mol. The first kappa shape index (κ1) is 17.9. The fraction of sp³-hybridized carbons (Fsp3) is 0. The van der Waals surface area contributed by atoms with Gasteiger partial charge >= 0.3 is 0 Å². The molecular formula is C27H16FNO. The van der Waals surface area contributed by atoms with E-state index in [0.717, 1.165) is 33.1 Å². The zero-order valence-corrected chi connectivity index (χ0v) is 16.0. The summed E-state index contributed by atoms with van der Waals surface area (Å²) in [6, 6.07) is 27.1. The van der Waals surface area contributed by atoms with E-state index in [-0.39, 0.29) is 11.6 Å². The quantitative estimate of drug-likeness (QED) is 0.269. The lowest BCUT2D eigenvalue weighted by Crippen LogP contribution is -2.05. The molecule has 5 rings (SSSR count). The third-order valence-electron chi connectivity index (χ3n) is 5.34. The van der Waals surface area contributed by atoms with Crippen molar-refractivity contribution in [1.29, 1.82) is 0 Å². The van der Waals surface area contributed by atoms with Gasteiger partial charge in [0.1, 0.15) is 5.82 Å². The van der Waals surface area contributed by atoms with E-state index in [1.807, 2.05) is 60.7 Å². The van der Waals surface area contributed by atoms with Gasteiger partial charge in [-0.3, -0.25) is 4.79 Å². The molecule has 0 saturated carbocycles. The molecule has 0 bridgehead atoms. The molecular weight excluding hydrogens is 373 g/mol. The molecule has 0 aliphatic carbocycles. The highest BCUT2D eigenvalue weighted by molar-refractivity contribution is 6.21. The number of carbonyl (C=O) groups excluding carboxylic acids is 1. The molecule has 30 heavy (non-hydrogen) atoms. The van der Waals surface area contributed by atoms with E-state index in [1.54, 1.807) is 0 Å². The van der Waals surface area contributed by atoms with E-state index in [2.05, 4.69) is 16.6 Å². The number of para-hydroxylation sites is 2. The molecule has 0 amide bonds. The Labute approximate surface area is 173 Å². The largest absolute Gasteiger partial charge is 0.308 e. The van der Waals surface area contributed by atoms with Crippen molar-refractivity contribution in [2.45, 2.75) is 0 Å². The smallest absolute Gasteiger partial charge is 0.195 e. The van der Waals surface area contributed by atoms with E-state index in [0.29, 0.717) is 11.1 Å². The molecule has 0 saturated heterocycles. The lowest BCUT2D eigenvalue weighted by Gasteiger charge is -2.11. The molecule has 0 aliphatic heterocycles. The SMILES string of the molecule is C#Cc1ccc(-n2c3ccccc3c3cccc(C(=O)c4ccc(F)cc4)c32)cc1. The predicted octanol–water partition coefficient (Wildman–Crippen LogP) is 6.14. The first-order valence-electron chi connectivity index (χ1n) is 9.57. The molecule has 1 aromatic heterocycles. The minimum absolute atomic E-state index is 0.148. The minimum atomic E-state index is -0.368. The summed E-state index contributed by atoms with van der Waals surface area (Å²) in [7, 11) is 0. The molecule has 5 aromatic rings. The van der Waals surface area contributed by atoms with Crippen molar-refractivity contribution in [3.8, 4) is 18.0 Å². The summed E-state index contributed by atoms with van der Waals surface area (Å²) in [6.45, 7) is 0. The molecule has 1 heterocycles. The number of fused-ring (bicyclic) bond motifs is 3. The van der Waals surface area contributed by atoms with Crippen LogP contribution < -0.4 is 0 Å². The van der Waals surface area contributed by atoms with Gasteiger partial charge in [-0.05, 0) is 60.7 Å². The molecule has 0 atom stereocenters. The van der Waals surface area contributed by atoms with Gasteiger partial charge in [0.25, 0.3) is 0 Å². The number of benzene rings is 4. The summed E-state index contributed by atoms with van der Waals surface area (Å²) in [5.74, 6) is 2.12. The minimum Gasteiger partial charge on any atom is -0.308 e. The average Bonchev–Trinajstić information content (AvgIpc) is 3.14. The van der Waals surface area contributed by atoms with Crippen LogP contribution in [-0.2, 0) is 0 Å². The molecule has 0 unspecified atom stereocenters. The standard InChI is InChI=1S/C27H16FNO/c1-2-18-10-16-21(17-11-18)29-25-9-4-3-6-22(25)23-7-5-8-24(26(23)29)27(30)19-12-14-20(28)15-13-19/h1,3-17H. The van der Waals surface area contributed by atoms with Crippen LogP contribution in [0.1, 0.15) is 21.5 Å². The Hall–Kier alpha value is -4.16. The summed E-state index contributed by atoms with van der Waals surface area (Å²) in [4.78, 5) is 13.4. The van der Waals surface area contributed by atoms with Gasteiger partial charge in [-0.25, -0.2) is 4.39 Å². The second-order valence-electron chi connectivity index (χ2n) is 7.08. The molecule has 0 aliphatic rings. The highest BCUT2D eigenvalue weighted by Crippen LogP contribution is 2.34. The second-order valence-corrected chi connectivity index (χ2v) is 7.08. The van der Waals surface area contributed by atoms with E-state index in [1.165, 1.54) is 24.3 Å². The Morgan fingerprint density at radius 1 is 0.800 bits per heavy atom. The van der Waals surface area contributed by atoms with Crippen molar-refractivity contribution in [3.05, 3.63) is 114 Å². The van der Waals surface area contributed by atoms with Gasteiger partial charge in [0.2, 0.25) is 0 Å². The van der Waals surface area contributed by atoms with Crippen LogP contribution in [0.25, 0.3) is 27.5 Å². The van der Waals surface area contributed by atoms with Gasteiger partial charge in [-0.2, -0.15) is 0 Å². The fourth-order valence-electron chi connectivity index (χ4n) is 3.93. The van der Waals surface area contributed by atoms with Crippen LogP contribution in [0, 0.1) is 18.2 Å². The van der Waals surface area contributed by atoms with Gasteiger partial charge in [-0.1, -0.05) is 36.3 Å². The lowest BCUT2D eigenvalue weighted by molar-refractivity contribution is 0.104. The third-order valence-corrected chi connectivity index (χ3v) is 5.34. The Kier molecular flexibility index (Phi) is 4.19. The number of terminal acetylenes is 1. The van der Waals surface area contributed by atoms with Crippen LogP contribution in [-0.4, -0.2) is 10.4 Å². The fourth-order valence-corrected chi connectivity index (χ4v) is 3.93. The predicted molar refractivity (Wildman–Crippen MR) is 119 cm³/mol. The van der Waals surface area contributed by atoms with Crippen molar-refractivity contribution in [1.82, 2.24) is 4.57 Å². The van der Waals surface area contributed by atoms with E-state index in [4.69, 9.17) is 6.42 Å². The van der Waals surface area contributed by atoms with Crippen LogP contribution in [0.3, 0.4) is 0 Å². The number of ketones is 1. The van der Waals surface area contributed by atoms with Crippen molar-refractivity contribution in [2.24, 2.45) is 0 Å². The highest BCUT2D eigenvalue weighted by Gasteiger charge is 2.19. The van der Waals surface area contributed by atoms with Gasteiger partial charge in [-0.15, -0.1) is 6.42 Å². The summed E-state index contributed by atoms with van der Waals surface area (Å²) >= 11 is 0. The first-order valence-corrected chi connectivity index (χ1v) is 9.57. The Morgan fingerprint density at radius 2 is 1.50 bits per heavy atom. The number of hydrogen-bond acceptors (Lipinski definition) is 1. The zero-order valence-electron chi connectivity index (χ0n) is 16.0. The lowest BCUT2D eigenvalue weighted by atomic mass is 10.0. The van der Waals surface area contributed by atoms with Crippen LogP contribution in [0.4, 0.5) is 4.39 Å². The Morgan fingerprint density at radius 3 is 2.23 bits per heavy atom. The maximum atomic E-state index is 13.4. The molecule has 3 heteroatoms. The third kappa shape index (κ3) is 2.78. The summed E-state index contributed by atoms with van der Waals surface area (Å²) in [5, 5.41) is 2.04. The van der Waals surface area contributed by atoms with Crippen LogP contribution in [0.2, 0.25) is 0 Å². The van der Waals surface area contributed by atoms with Crippen molar-refractivity contribution in [2.75, 3.05) is 0 Å². The summed E-state index contributed by atoms with van der Waals surface area (Å²) < 4.78 is 15.4. The topological polar surface area (TPSA) is 22.0 Å². The van der Waals surface area contributed by atoms with Crippen LogP contribution in [0.15, 0.2) is 91.0 Å². The van der Waals surface area contributed by atoms with Crippen LogP contribution >= 0.6 is 0 Å². The zero-order chi connectivity index (χ0) is 20.7. The summed E-state index contributed by atoms with van der Waals surface area (Å²) in [5.41, 5.74) is 4.54. The molecule has 4 aromatic carbocycles. The van der Waals surface area contributed by atoms with Gasteiger partial charge in [0, 0.05) is 33.2 Å². The van der Waals surface area contributed by atoms with Crippen LogP contribution in [0.5, 0.6) is 0 Å². The molecule has 0 fully saturated rings. The van der Waals surface area contributed by atoms with E-state index >= 15 is 0 Å². The Balaban J connectivity index is 1.84. The van der Waals surface area contributed by atoms with Crippen molar-refractivity contribution >= 4 is 27.6 Å².